The molecule has 0 spiro atoms. The summed E-state index contributed by atoms with van der Waals surface area (Å²) >= 11 is 1.42. The summed E-state index contributed by atoms with van der Waals surface area (Å²) in [6.07, 6.45) is 6.46. The van der Waals surface area contributed by atoms with Crippen LogP contribution in [-0.4, -0.2) is 25.8 Å². The number of anilines is 1. The number of fused-ring (bicyclic) bond motifs is 1. The predicted octanol–water partition coefficient (Wildman–Crippen LogP) is 3.07. The van der Waals surface area contributed by atoms with Gasteiger partial charge < -0.3 is 10.3 Å². The molecule has 1 aliphatic carbocycles. The van der Waals surface area contributed by atoms with Gasteiger partial charge in [-0.1, -0.05) is 6.42 Å². The van der Waals surface area contributed by atoms with Gasteiger partial charge in [0.2, 0.25) is 5.91 Å². The van der Waals surface area contributed by atoms with E-state index < -0.39 is 0 Å². The molecule has 1 amide bonds. The van der Waals surface area contributed by atoms with Gasteiger partial charge in [0.25, 0.3) is 0 Å². The standard InChI is InChI=1S/C14H13N5OS.H2/c20-13(8-2-1-3-8)19-14-18-10(6-21-14)11-9-4-5-15-12(9)17-7-16-11;/h4-8H,1-3H2,(H,15,16,17)(H,18,19,20);1H. The molecule has 3 heterocycles. The number of hydrogen-bond acceptors (Lipinski definition) is 5. The molecule has 0 aliphatic heterocycles. The van der Waals surface area contributed by atoms with Crippen LogP contribution in [0.5, 0.6) is 0 Å². The number of hydrogen-bond donors (Lipinski definition) is 2. The van der Waals surface area contributed by atoms with Crippen molar-refractivity contribution in [3.8, 4) is 11.4 Å². The Morgan fingerprint density at radius 2 is 2.33 bits per heavy atom. The summed E-state index contributed by atoms with van der Waals surface area (Å²) in [6, 6.07) is 1.93. The van der Waals surface area contributed by atoms with Crippen molar-refractivity contribution in [3.05, 3.63) is 24.0 Å². The fraction of sp³-hybridized carbons (Fsp3) is 0.286. The lowest BCUT2D eigenvalue weighted by atomic mass is 9.85. The molecule has 6 nitrogen and oxygen atoms in total. The lowest BCUT2D eigenvalue weighted by Crippen LogP contribution is -2.27. The van der Waals surface area contributed by atoms with E-state index in [0.717, 1.165) is 41.7 Å². The number of nitrogens with zero attached hydrogens (tertiary/aromatic N) is 3. The molecule has 0 aromatic carbocycles. The van der Waals surface area contributed by atoms with Crippen LogP contribution < -0.4 is 5.32 Å². The second-order valence-corrected chi connectivity index (χ2v) is 5.98. The molecule has 0 radical (unpaired) electrons. The number of thiazole rings is 1. The Kier molecular flexibility index (Phi) is 2.92. The van der Waals surface area contributed by atoms with E-state index in [2.05, 4.69) is 25.3 Å². The van der Waals surface area contributed by atoms with Crippen molar-refractivity contribution in [2.45, 2.75) is 19.3 Å². The van der Waals surface area contributed by atoms with Crippen molar-refractivity contribution in [1.82, 2.24) is 19.9 Å². The molecule has 1 fully saturated rings. The fourth-order valence-corrected chi connectivity index (χ4v) is 3.09. The Balaban J connectivity index is 0.00000144. The van der Waals surface area contributed by atoms with Crippen LogP contribution in [0, 0.1) is 5.92 Å². The normalized spacial score (nSPS) is 15.0. The van der Waals surface area contributed by atoms with Gasteiger partial charge in [0, 0.05) is 24.3 Å². The molecule has 3 aromatic rings. The van der Waals surface area contributed by atoms with Crippen LogP contribution in [-0.2, 0) is 4.79 Å². The Bertz CT molecular complexity index is 810. The van der Waals surface area contributed by atoms with Gasteiger partial charge in [-0.3, -0.25) is 4.79 Å². The van der Waals surface area contributed by atoms with Gasteiger partial charge in [-0.25, -0.2) is 15.0 Å². The monoisotopic (exact) mass is 301 g/mol. The third-order valence-corrected chi connectivity index (χ3v) is 4.56. The van der Waals surface area contributed by atoms with Crippen molar-refractivity contribution in [3.63, 3.8) is 0 Å². The van der Waals surface area contributed by atoms with Crippen molar-refractivity contribution < 1.29 is 6.22 Å². The molecular formula is C14H15N5OS. The van der Waals surface area contributed by atoms with Crippen LogP contribution in [0.3, 0.4) is 0 Å². The minimum Gasteiger partial charge on any atom is -0.346 e. The van der Waals surface area contributed by atoms with E-state index in [1.54, 1.807) is 0 Å². The second-order valence-electron chi connectivity index (χ2n) is 5.12. The first-order valence-electron chi connectivity index (χ1n) is 6.86. The first-order chi connectivity index (χ1) is 10.3. The number of nitrogens with one attached hydrogen (secondary N) is 2. The highest BCUT2D eigenvalue weighted by Gasteiger charge is 2.25. The van der Waals surface area contributed by atoms with Gasteiger partial charge in [-0.05, 0) is 18.9 Å². The topological polar surface area (TPSA) is 83.6 Å². The summed E-state index contributed by atoms with van der Waals surface area (Å²) in [7, 11) is 0. The number of aromatic nitrogens is 4. The quantitative estimate of drug-likeness (QED) is 0.778. The summed E-state index contributed by atoms with van der Waals surface area (Å²) in [5.41, 5.74) is 2.32. The molecule has 1 aliphatic rings. The van der Waals surface area contributed by atoms with Crippen LogP contribution in [0.25, 0.3) is 22.4 Å². The Morgan fingerprint density at radius 3 is 3.14 bits per heavy atom. The Morgan fingerprint density at radius 1 is 1.43 bits per heavy atom. The summed E-state index contributed by atoms with van der Waals surface area (Å²) in [4.78, 5) is 27.9. The van der Waals surface area contributed by atoms with E-state index in [1.807, 2.05) is 17.6 Å². The van der Waals surface area contributed by atoms with E-state index in [1.165, 1.54) is 17.7 Å². The highest BCUT2D eigenvalue weighted by molar-refractivity contribution is 7.14. The van der Waals surface area contributed by atoms with E-state index in [4.69, 9.17) is 0 Å². The molecule has 7 heteroatoms. The zero-order chi connectivity index (χ0) is 14.2. The van der Waals surface area contributed by atoms with Gasteiger partial charge in [-0.2, -0.15) is 0 Å². The van der Waals surface area contributed by atoms with E-state index in [0.29, 0.717) is 5.13 Å². The second kappa shape index (κ2) is 4.92. The number of amides is 1. The van der Waals surface area contributed by atoms with Crippen molar-refractivity contribution in [2.75, 3.05) is 5.32 Å². The smallest absolute Gasteiger partial charge is 0.229 e. The third kappa shape index (κ3) is 2.19. The van der Waals surface area contributed by atoms with Crippen LogP contribution in [0.2, 0.25) is 0 Å². The summed E-state index contributed by atoms with van der Waals surface area (Å²) in [6.45, 7) is 0. The van der Waals surface area contributed by atoms with E-state index in [-0.39, 0.29) is 13.3 Å². The largest absolute Gasteiger partial charge is 0.346 e. The molecular weight excluding hydrogens is 286 g/mol. The van der Waals surface area contributed by atoms with Gasteiger partial charge in [0.15, 0.2) is 5.13 Å². The molecule has 0 bridgehead atoms. The number of carbonyl (C=O) groups excluding carboxylic acids is 1. The first kappa shape index (κ1) is 12.5. The van der Waals surface area contributed by atoms with Crippen molar-refractivity contribution in [1.29, 1.82) is 0 Å². The number of H-pyrrole nitrogens is 1. The van der Waals surface area contributed by atoms with E-state index in [9.17, 15) is 4.79 Å². The zero-order valence-electron chi connectivity index (χ0n) is 11.2. The Labute approximate surface area is 126 Å². The minimum atomic E-state index is 0. The van der Waals surface area contributed by atoms with E-state index >= 15 is 0 Å². The third-order valence-electron chi connectivity index (χ3n) is 3.81. The molecule has 108 valence electrons. The van der Waals surface area contributed by atoms with Crippen LogP contribution in [0.4, 0.5) is 5.13 Å². The highest BCUT2D eigenvalue weighted by Crippen LogP contribution is 2.30. The fourth-order valence-electron chi connectivity index (χ4n) is 2.39. The molecule has 21 heavy (non-hydrogen) atoms. The minimum absolute atomic E-state index is 0. The van der Waals surface area contributed by atoms with Gasteiger partial charge in [-0.15, -0.1) is 11.3 Å². The summed E-state index contributed by atoms with van der Waals surface area (Å²) in [5.74, 6) is 0.240. The number of aromatic amines is 1. The maximum Gasteiger partial charge on any atom is 0.229 e. The molecule has 2 N–H and O–H groups in total. The van der Waals surface area contributed by atoms with Gasteiger partial charge in [0.05, 0.1) is 0 Å². The SMILES string of the molecule is O=C(Nc1nc(-c2ncnc3[nH]ccc23)cs1)C1CCC1.[HH]. The highest BCUT2D eigenvalue weighted by atomic mass is 32.1. The van der Waals surface area contributed by atoms with Crippen molar-refractivity contribution in [2.24, 2.45) is 5.92 Å². The molecule has 0 atom stereocenters. The van der Waals surface area contributed by atoms with Crippen molar-refractivity contribution >= 4 is 33.4 Å². The zero-order valence-corrected chi connectivity index (χ0v) is 12.0. The average Bonchev–Trinajstić information content (AvgIpc) is 3.04. The maximum atomic E-state index is 11.9. The lowest BCUT2D eigenvalue weighted by Gasteiger charge is -2.23. The van der Waals surface area contributed by atoms with Gasteiger partial charge in [0.1, 0.15) is 23.4 Å². The summed E-state index contributed by atoms with van der Waals surface area (Å²) < 4.78 is 0. The number of rotatable bonds is 3. The first-order valence-corrected chi connectivity index (χ1v) is 7.74. The molecule has 4 rings (SSSR count). The lowest BCUT2D eigenvalue weighted by molar-refractivity contribution is -0.122. The molecule has 1 saturated carbocycles. The maximum absolute atomic E-state index is 11.9. The Hall–Kier alpha value is -2.28. The number of carbonyl (C=O) groups is 1. The van der Waals surface area contributed by atoms with Gasteiger partial charge >= 0.3 is 0 Å². The molecule has 3 aromatic heterocycles. The van der Waals surface area contributed by atoms with Crippen LogP contribution in [0.15, 0.2) is 24.0 Å². The predicted molar refractivity (Wildman–Crippen MR) is 83.1 cm³/mol. The van der Waals surface area contributed by atoms with Crippen LogP contribution >= 0.6 is 11.3 Å². The van der Waals surface area contributed by atoms with Crippen LogP contribution in [0.1, 0.15) is 20.7 Å². The average molecular weight is 301 g/mol. The summed E-state index contributed by atoms with van der Waals surface area (Å²) in [5, 5.41) is 6.36. The molecule has 0 unspecified atom stereocenters. The molecule has 0 saturated heterocycles.